The van der Waals surface area contributed by atoms with Crippen LogP contribution in [-0.2, 0) is 0 Å². The van der Waals surface area contributed by atoms with Gasteiger partial charge in [0.2, 0.25) is 0 Å². The average Bonchev–Trinajstić information content (AvgIpc) is 3.79. The Kier molecular flexibility index (Phi) is 6.76. The maximum Gasteiger partial charge on any atom is 0.135 e. The molecule has 0 amide bonds. The Labute approximate surface area is 310 Å². The Balaban J connectivity index is 1.03. The van der Waals surface area contributed by atoms with E-state index in [-0.39, 0.29) is 0 Å². The van der Waals surface area contributed by atoms with Crippen LogP contribution in [0.4, 0.5) is 17.1 Å². The van der Waals surface area contributed by atoms with Crippen molar-refractivity contribution in [3.63, 3.8) is 0 Å². The third kappa shape index (κ3) is 4.93. The summed E-state index contributed by atoms with van der Waals surface area (Å²) in [6, 6.07) is 68.1. The number of rotatable bonds is 5. The van der Waals surface area contributed by atoms with Crippen LogP contribution in [0.3, 0.4) is 0 Å². The lowest BCUT2D eigenvalue weighted by Crippen LogP contribution is -2.09. The van der Waals surface area contributed by atoms with E-state index in [1.165, 1.54) is 64.0 Å². The minimum atomic E-state index is 0.913. The Morgan fingerprint density at radius 2 is 1.06 bits per heavy atom. The molecule has 0 aliphatic rings. The molecule has 248 valence electrons. The van der Waals surface area contributed by atoms with E-state index < -0.39 is 0 Å². The van der Waals surface area contributed by atoms with Crippen molar-refractivity contribution in [1.29, 1.82) is 0 Å². The first-order valence-electron chi connectivity index (χ1n) is 18.0. The number of thiophene rings is 1. The van der Waals surface area contributed by atoms with Gasteiger partial charge >= 0.3 is 0 Å². The van der Waals surface area contributed by atoms with Crippen LogP contribution in [0.2, 0.25) is 0 Å². The van der Waals surface area contributed by atoms with Gasteiger partial charge in [-0.1, -0.05) is 115 Å². The quantitative estimate of drug-likeness (QED) is 0.167. The Hall–Kier alpha value is -6.68. The zero-order valence-electron chi connectivity index (χ0n) is 28.7. The van der Waals surface area contributed by atoms with Gasteiger partial charge in [-0.3, -0.25) is 0 Å². The lowest BCUT2D eigenvalue weighted by atomic mass is 9.95. The molecule has 9 aromatic carbocycles. The van der Waals surface area contributed by atoms with Gasteiger partial charge in [-0.2, -0.15) is 0 Å². The number of para-hydroxylation sites is 2. The SMILES string of the molecule is c1ccc(N(c2ccc(-c3ccc4oc5ccccc5c4c3)cc2)c2ccc3sc4cccc(-c5ccc6c(ccc7ccccc76)c5)c4c3c2)cc1. The van der Waals surface area contributed by atoms with Gasteiger partial charge in [-0.15, -0.1) is 11.3 Å². The summed E-state index contributed by atoms with van der Waals surface area (Å²) in [5.74, 6) is 0. The van der Waals surface area contributed by atoms with Crippen molar-refractivity contribution in [1.82, 2.24) is 0 Å². The van der Waals surface area contributed by atoms with Crippen LogP contribution in [0, 0.1) is 0 Å². The summed E-state index contributed by atoms with van der Waals surface area (Å²) in [5.41, 5.74) is 10.0. The molecule has 0 atom stereocenters. The summed E-state index contributed by atoms with van der Waals surface area (Å²) < 4.78 is 8.68. The molecule has 0 N–H and O–H groups in total. The van der Waals surface area contributed by atoms with E-state index in [1.807, 2.05) is 23.5 Å². The highest BCUT2D eigenvalue weighted by Gasteiger charge is 2.17. The van der Waals surface area contributed by atoms with Crippen molar-refractivity contribution in [3.8, 4) is 22.3 Å². The Morgan fingerprint density at radius 1 is 0.358 bits per heavy atom. The van der Waals surface area contributed by atoms with Crippen LogP contribution in [-0.4, -0.2) is 0 Å². The highest BCUT2D eigenvalue weighted by molar-refractivity contribution is 7.26. The first kappa shape index (κ1) is 30.0. The molecule has 0 spiro atoms. The first-order valence-corrected chi connectivity index (χ1v) is 18.8. The molecule has 2 aromatic heterocycles. The van der Waals surface area contributed by atoms with E-state index in [0.717, 1.165) is 39.0 Å². The van der Waals surface area contributed by atoms with Gasteiger partial charge in [0, 0.05) is 48.0 Å². The number of hydrogen-bond donors (Lipinski definition) is 0. The molecule has 0 unspecified atom stereocenters. The predicted molar refractivity (Wildman–Crippen MR) is 227 cm³/mol. The second-order valence-electron chi connectivity index (χ2n) is 13.7. The maximum atomic E-state index is 6.10. The van der Waals surface area contributed by atoms with Crippen LogP contribution in [0.5, 0.6) is 0 Å². The molecule has 2 heterocycles. The van der Waals surface area contributed by atoms with Gasteiger partial charge in [-0.25, -0.2) is 0 Å². The van der Waals surface area contributed by atoms with Gasteiger partial charge in [-0.05, 0) is 117 Å². The minimum absolute atomic E-state index is 0.913. The van der Waals surface area contributed by atoms with Crippen molar-refractivity contribution < 1.29 is 4.42 Å². The van der Waals surface area contributed by atoms with Gasteiger partial charge in [0.15, 0.2) is 0 Å². The smallest absolute Gasteiger partial charge is 0.135 e. The zero-order chi connectivity index (χ0) is 34.9. The van der Waals surface area contributed by atoms with E-state index in [1.54, 1.807) is 0 Å². The number of nitrogens with zero attached hydrogens (tertiary/aromatic N) is 1. The zero-order valence-corrected chi connectivity index (χ0v) is 29.5. The van der Waals surface area contributed by atoms with Crippen molar-refractivity contribution in [2.45, 2.75) is 0 Å². The van der Waals surface area contributed by atoms with Gasteiger partial charge in [0.05, 0.1) is 0 Å². The summed E-state index contributed by atoms with van der Waals surface area (Å²) in [6.07, 6.45) is 0. The molecule has 11 aromatic rings. The third-order valence-corrected chi connectivity index (χ3v) is 11.8. The molecule has 0 saturated heterocycles. The molecule has 0 fully saturated rings. The molecule has 0 bridgehead atoms. The van der Waals surface area contributed by atoms with Crippen LogP contribution in [0.1, 0.15) is 0 Å². The van der Waals surface area contributed by atoms with Crippen molar-refractivity contribution in [2.24, 2.45) is 0 Å². The summed E-state index contributed by atoms with van der Waals surface area (Å²) in [4.78, 5) is 2.36. The fourth-order valence-corrected chi connectivity index (χ4v) is 9.22. The fraction of sp³-hybridized carbons (Fsp3) is 0. The van der Waals surface area contributed by atoms with E-state index >= 15 is 0 Å². The van der Waals surface area contributed by atoms with E-state index in [4.69, 9.17) is 4.42 Å². The Bertz CT molecular complexity index is 3170. The van der Waals surface area contributed by atoms with E-state index in [2.05, 4.69) is 181 Å². The molecule has 3 heteroatoms. The predicted octanol–water partition coefficient (Wildman–Crippen LogP) is 15.1. The average molecular weight is 694 g/mol. The highest BCUT2D eigenvalue weighted by atomic mass is 32.1. The normalized spacial score (nSPS) is 11.8. The topological polar surface area (TPSA) is 16.4 Å². The number of furan rings is 1. The Morgan fingerprint density at radius 3 is 1.96 bits per heavy atom. The molecule has 0 aliphatic carbocycles. The van der Waals surface area contributed by atoms with Crippen molar-refractivity contribution in [2.75, 3.05) is 4.90 Å². The van der Waals surface area contributed by atoms with E-state index in [0.29, 0.717) is 0 Å². The van der Waals surface area contributed by atoms with Gasteiger partial charge < -0.3 is 9.32 Å². The van der Waals surface area contributed by atoms with Crippen molar-refractivity contribution in [3.05, 3.63) is 188 Å². The maximum absolute atomic E-state index is 6.10. The first-order chi connectivity index (χ1) is 26.2. The number of hydrogen-bond acceptors (Lipinski definition) is 3. The highest BCUT2D eigenvalue weighted by Crippen LogP contribution is 2.44. The standard InChI is InChI=1S/C50H31NOS/c1-2-10-37(11-3-1)51(38-23-19-32(20-24-38)34-22-27-47-44(30-34)43-13-6-7-15-46(43)52-47)39-25-28-48-45(31-39)50-42(14-8-16-49(50)53-48)36-21-26-41-35(29-36)18-17-33-9-4-5-12-40(33)41/h1-31H. The molecular weight excluding hydrogens is 663 g/mol. The van der Waals surface area contributed by atoms with Crippen LogP contribution in [0.15, 0.2) is 192 Å². The molecule has 0 saturated carbocycles. The second-order valence-corrected chi connectivity index (χ2v) is 14.8. The van der Waals surface area contributed by atoms with Gasteiger partial charge in [0.1, 0.15) is 11.2 Å². The molecular formula is C50H31NOS. The van der Waals surface area contributed by atoms with Crippen LogP contribution < -0.4 is 4.90 Å². The molecule has 0 radical (unpaired) electrons. The van der Waals surface area contributed by atoms with Gasteiger partial charge in [0.25, 0.3) is 0 Å². The third-order valence-electron chi connectivity index (χ3n) is 10.6. The lowest BCUT2D eigenvalue weighted by Gasteiger charge is -2.26. The van der Waals surface area contributed by atoms with Crippen molar-refractivity contribution >= 4 is 92.1 Å². The molecule has 2 nitrogen and oxygen atoms in total. The minimum Gasteiger partial charge on any atom is -0.456 e. The van der Waals surface area contributed by atoms with Crippen LogP contribution >= 0.6 is 11.3 Å². The monoisotopic (exact) mass is 693 g/mol. The summed E-state index contributed by atoms with van der Waals surface area (Å²) in [6.45, 7) is 0. The number of anilines is 3. The molecule has 11 rings (SSSR count). The lowest BCUT2D eigenvalue weighted by molar-refractivity contribution is 0.669. The van der Waals surface area contributed by atoms with E-state index in [9.17, 15) is 0 Å². The second kappa shape index (κ2) is 11.9. The fourth-order valence-electron chi connectivity index (χ4n) is 8.11. The van der Waals surface area contributed by atoms with Crippen LogP contribution in [0.25, 0.3) is 85.9 Å². The molecule has 0 aliphatic heterocycles. The summed E-state index contributed by atoms with van der Waals surface area (Å²) in [5, 5.41) is 9.97. The summed E-state index contributed by atoms with van der Waals surface area (Å²) >= 11 is 1.86. The molecule has 53 heavy (non-hydrogen) atoms. The number of benzene rings is 9. The largest absolute Gasteiger partial charge is 0.456 e. The summed E-state index contributed by atoms with van der Waals surface area (Å²) in [7, 11) is 0. The number of fused-ring (bicyclic) bond motifs is 9.